The third-order valence-corrected chi connectivity index (χ3v) is 10.1. The van der Waals surface area contributed by atoms with Crippen LogP contribution >= 0.6 is 0 Å². The highest BCUT2D eigenvalue weighted by molar-refractivity contribution is 8.05. The predicted octanol–water partition coefficient (Wildman–Crippen LogP) is 4.38. The quantitative estimate of drug-likeness (QED) is 0.488. The second kappa shape index (κ2) is 9.58. The molecule has 0 spiro atoms. The van der Waals surface area contributed by atoms with E-state index in [0.717, 1.165) is 25.7 Å². The lowest BCUT2D eigenvalue weighted by atomic mass is 9.58. The van der Waals surface area contributed by atoms with Crippen molar-refractivity contribution < 1.29 is 43.6 Å². The number of para-hydroxylation sites is 1. The van der Waals surface area contributed by atoms with E-state index >= 15 is 0 Å². The second-order valence-electron chi connectivity index (χ2n) is 9.46. The smallest absolute Gasteiger partial charge is 0.306 e. The number of halogens is 5. The van der Waals surface area contributed by atoms with Crippen LogP contribution in [0.2, 0.25) is 0 Å². The minimum absolute atomic E-state index is 0.0164. The molecule has 2 saturated carbocycles. The van der Waals surface area contributed by atoms with E-state index in [4.69, 9.17) is 0 Å². The fourth-order valence-electron chi connectivity index (χ4n) is 5.39. The Labute approximate surface area is 201 Å². The number of benzene rings is 1. The van der Waals surface area contributed by atoms with Crippen molar-refractivity contribution in [1.29, 1.82) is 0 Å². The van der Waals surface area contributed by atoms with Crippen molar-refractivity contribution in [3.8, 4) is 0 Å². The van der Waals surface area contributed by atoms with Gasteiger partial charge in [-0.05, 0) is 55.1 Å². The van der Waals surface area contributed by atoms with Crippen LogP contribution < -0.4 is 9.03 Å². The average molecular weight is 547 g/mol. The minimum atomic E-state index is -6.70. The molecular formula is C21H27F5N2O5S2. The number of carbonyl (C=O) groups is 1. The van der Waals surface area contributed by atoms with Gasteiger partial charge < -0.3 is 4.90 Å². The van der Waals surface area contributed by atoms with Crippen LogP contribution in [0, 0.1) is 17.3 Å². The van der Waals surface area contributed by atoms with Gasteiger partial charge >= 0.3 is 36.7 Å². The number of nitrogens with zero attached hydrogens (tertiary/aromatic N) is 1. The van der Waals surface area contributed by atoms with Crippen LogP contribution in [0.5, 0.6) is 0 Å². The maximum atomic E-state index is 15.0. The van der Waals surface area contributed by atoms with E-state index in [1.165, 1.54) is 24.3 Å². The fraction of sp³-hybridized carbons (Fsp3) is 0.667. The molecule has 1 N–H and O–H groups in total. The highest BCUT2D eigenvalue weighted by Crippen LogP contribution is 2.52. The van der Waals surface area contributed by atoms with Gasteiger partial charge in [0, 0.05) is 12.2 Å². The van der Waals surface area contributed by atoms with Crippen molar-refractivity contribution in [2.24, 2.45) is 17.3 Å². The molecule has 1 aromatic carbocycles. The summed E-state index contributed by atoms with van der Waals surface area (Å²) >= 11 is 0. The first-order valence-electron chi connectivity index (χ1n) is 11.1. The number of hydrogen-bond acceptors (Lipinski definition) is 5. The Bertz CT molecular complexity index is 1140. The van der Waals surface area contributed by atoms with Crippen molar-refractivity contribution in [1.82, 2.24) is 4.13 Å². The number of alkyl halides is 5. The summed E-state index contributed by atoms with van der Waals surface area (Å²) in [5.41, 5.74) is -6.81. The van der Waals surface area contributed by atoms with E-state index in [9.17, 15) is 43.6 Å². The maximum absolute atomic E-state index is 15.0. The molecule has 2 fully saturated rings. The van der Waals surface area contributed by atoms with Crippen LogP contribution in [0.3, 0.4) is 0 Å². The Balaban J connectivity index is 1.99. The van der Waals surface area contributed by atoms with Gasteiger partial charge in [0.05, 0.1) is 0 Å². The summed E-state index contributed by atoms with van der Waals surface area (Å²) in [6.07, 6.45) is 5.49. The van der Waals surface area contributed by atoms with E-state index in [-0.39, 0.29) is 16.4 Å². The van der Waals surface area contributed by atoms with E-state index in [1.54, 1.807) is 6.07 Å². The largest absolute Gasteiger partial charge is 0.512 e. The van der Waals surface area contributed by atoms with Gasteiger partial charge in [-0.25, -0.2) is 16.8 Å². The van der Waals surface area contributed by atoms with Crippen molar-refractivity contribution in [3.05, 3.63) is 30.3 Å². The molecular weight excluding hydrogens is 519 g/mol. The summed E-state index contributed by atoms with van der Waals surface area (Å²) in [6, 6.07) is 7.02. The summed E-state index contributed by atoms with van der Waals surface area (Å²) in [5.74, 6) is -1.69. The van der Waals surface area contributed by atoms with Gasteiger partial charge in [0.25, 0.3) is 0 Å². The monoisotopic (exact) mass is 546 g/mol. The Kier molecular flexibility index (Phi) is 7.60. The van der Waals surface area contributed by atoms with Gasteiger partial charge in [0.2, 0.25) is 0 Å². The molecule has 3 unspecified atom stereocenters. The first-order chi connectivity index (χ1) is 16.0. The van der Waals surface area contributed by atoms with Crippen LogP contribution in [0.1, 0.15) is 51.9 Å². The van der Waals surface area contributed by atoms with Crippen molar-refractivity contribution >= 4 is 31.6 Å². The molecule has 3 atom stereocenters. The van der Waals surface area contributed by atoms with Crippen LogP contribution in [0.25, 0.3) is 0 Å². The van der Waals surface area contributed by atoms with Gasteiger partial charge in [-0.2, -0.15) is 22.0 Å². The highest BCUT2D eigenvalue weighted by Gasteiger charge is 2.60. The van der Waals surface area contributed by atoms with Crippen molar-refractivity contribution in [2.45, 2.75) is 62.6 Å². The maximum Gasteiger partial charge on any atom is 0.512 e. The normalized spacial score (nSPS) is 25.8. The number of amides is 1. The number of anilines is 1. The molecule has 1 amide bonds. The molecule has 0 aliphatic heterocycles. The third kappa shape index (κ3) is 5.63. The van der Waals surface area contributed by atoms with Crippen LogP contribution in [0.4, 0.5) is 27.6 Å². The summed E-state index contributed by atoms with van der Waals surface area (Å²) in [6.45, 7) is 1.74. The van der Waals surface area contributed by atoms with Gasteiger partial charge in [-0.3, -0.25) is 4.79 Å². The first kappa shape index (κ1) is 27.8. The molecule has 35 heavy (non-hydrogen) atoms. The molecule has 0 radical (unpaired) electrons. The molecule has 2 aliphatic carbocycles. The summed E-state index contributed by atoms with van der Waals surface area (Å²) < 4.78 is 115. The van der Waals surface area contributed by atoms with E-state index in [1.807, 2.05) is 6.92 Å². The van der Waals surface area contributed by atoms with E-state index < -0.39 is 42.1 Å². The molecule has 7 nitrogen and oxygen atoms in total. The van der Waals surface area contributed by atoms with Gasteiger partial charge in [-0.15, -0.1) is 0 Å². The van der Waals surface area contributed by atoms with Crippen LogP contribution in [-0.4, -0.2) is 40.1 Å². The zero-order chi connectivity index (χ0) is 26.3. The summed E-state index contributed by atoms with van der Waals surface area (Å²) in [7, 11) is -13.3. The standard InChI is InChI=1S/C21H27F5N2O5S2/c1-2-15-11-16-7-6-10-19(12-15,13-16)14-28(17-8-4-3-5-9-17)18(29)20(22,23)34(30,31)27-35(32,33)21(24,25)26/h3-5,8-9,15-16,27H,2,6-7,10-14H2,1H3. The SMILES string of the molecule is CCC1CC2CCCC(CN(C(=O)C(F)(F)S(=O)(=O)NS(=O)(=O)C(F)(F)F)c3ccccc3)(C1)C2. The highest BCUT2D eigenvalue weighted by atomic mass is 32.3. The Morgan fingerprint density at radius 1 is 1.06 bits per heavy atom. The lowest BCUT2D eigenvalue weighted by Crippen LogP contribution is -2.57. The molecule has 14 heteroatoms. The number of nitrogens with one attached hydrogen (secondary N) is 1. The number of sulfonamides is 2. The lowest BCUT2D eigenvalue weighted by molar-refractivity contribution is -0.133. The topological polar surface area (TPSA) is 101 Å². The van der Waals surface area contributed by atoms with Crippen LogP contribution in [-0.2, 0) is 24.8 Å². The van der Waals surface area contributed by atoms with Gasteiger partial charge in [-0.1, -0.05) is 48.5 Å². The Morgan fingerprint density at radius 3 is 2.26 bits per heavy atom. The van der Waals surface area contributed by atoms with E-state index in [2.05, 4.69) is 0 Å². The molecule has 3 rings (SSSR count). The zero-order valence-electron chi connectivity index (χ0n) is 18.9. The lowest BCUT2D eigenvalue weighted by Gasteiger charge is -2.50. The number of fused-ring (bicyclic) bond motifs is 2. The Hall–Kier alpha value is -1.80. The molecule has 198 valence electrons. The third-order valence-electron chi connectivity index (χ3n) is 6.92. The average Bonchev–Trinajstić information content (AvgIpc) is 2.75. The van der Waals surface area contributed by atoms with Crippen molar-refractivity contribution in [3.63, 3.8) is 0 Å². The Morgan fingerprint density at radius 2 is 1.69 bits per heavy atom. The summed E-state index contributed by atoms with van der Waals surface area (Å²) in [5, 5.41) is -5.50. The first-order valence-corrected chi connectivity index (χ1v) is 14.1. The molecule has 1 aromatic rings. The molecule has 2 aliphatic rings. The zero-order valence-corrected chi connectivity index (χ0v) is 20.5. The van der Waals surface area contributed by atoms with Crippen molar-refractivity contribution in [2.75, 3.05) is 11.4 Å². The molecule has 0 aromatic heterocycles. The predicted molar refractivity (Wildman–Crippen MR) is 118 cm³/mol. The minimum Gasteiger partial charge on any atom is -0.306 e. The molecule has 0 heterocycles. The molecule has 2 bridgehead atoms. The summed E-state index contributed by atoms with van der Waals surface area (Å²) in [4.78, 5) is 13.6. The second-order valence-corrected chi connectivity index (χ2v) is 13.1. The number of hydrogen-bond donors (Lipinski definition) is 1. The number of carbonyl (C=O) groups excluding carboxylic acids is 1. The van der Waals surface area contributed by atoms with Gasteiger partial charge in [0.15, 0.2) is 0 Å². The molecule has 0 saturated heterocycles. The van der Waals surface area contributed by atoms with Gasteiger partial charge in [0.1, 0.15) is 0 Å². The van der Waals surface area contributed by atoms with E-state index in [0.29, 0.717) is 36.0 Å². The van der Waals surface area contributed by atoms with Crippen LogP contribution in [0.15, 0.2) is 30.3 Å². The fourth-order valence-corrected chi connectivity index (χ4v) is 7.69. The number of rotatable bonds is 8.